The second-order valence-corrected chi connectivity index (χ2v) is 3.05. The Kier molecular flexibility index (Phi) is 1.07. The fraction of sp³-hybridized carbons (Fsp3) is 0.111. The van der Waals surface area contributed by atoms with Gasteiger partial charge >= 0.3 is 0 Å². The lowest BCUT2D eigenvalue weighted by Gasteiger charge is -1.96. The maximum Gasteiger partial charge on any atom is 0.156 e. The molecule has 0 spiro atoms. The zero-order valence-corrected chi connectivity index (χ0v) is 7.18. The second kappa shape index (κ2) is 2.10. The lowest BCUT2D eigenvalue weighted by atomic mass is 10.5. The third-order valence-corrected chi connectivity index (χ3v) is 2.25. The van der Waals surface area contributed by atoms with Crippen molar-refractivity contribution < 1.29 is 0 Å². The van der Waals surface area contributed by atoms with Crippen molar-refractivity contribution in [2.45, 2.75) is 0 Å². The molecule has 3 rings (SSSR count). The first kappa shape index (κ1) is 6.65. The van der Waals surface area contributed by atoms with E-state index in [-0.39, 0.29) is 0 Å². The molecule has 0 aliphatic carbocycles. The van der Waals surface area contributed by atoms with Crippen molar-refractivity contribution in [1.29, 1.82) is 0 Å². The largest absolute Gasteiger partial charge is 0.334 e. The van der Waals surface area contributed by atoms with E-state index in [0.717, 1.165) is 16.8 Å². The molecule has 0 atom stereocenters. The van der Waals surface area contributed by atoms with E-state index in [2.05, 4.69) is 9.97 Å². The summed E-state index contributed by atoms with van der Waals surface area (Å²) in [5.41, 5.74) is 2.96. The summed E-state index contributed by atoms with van der Waals surface area (Å²) in [4.78, 5) is 8.49. The molecule has 13 heavy (non-hydrogen) atoms. The molecule has 0 aliphatic rings. The second-order valence-electron chi connectivity index (χ2n) is 3.05. The molecule has 0 unspecified atom stereocenters. The molecular weight excluding hydrogens is 164 g/mol. The van der Waals surface area contributed by atoms with Crippen molar-refractivity contribution in [3.63, 3.8) is 0 Å². The molecule has 0 aliphatic heterocycles. The molecular formula is C9H8N4. The first-order valence-corrected chi connectivity index (χ1v) is 4.09. The van der Waals surface area contributed by atoms with Gasteiger partial charge in [-0.25, -0.2) is 9.97 Å². The molecule has 0 saturated carbocycles. The molecule has 4 heteroatoms. The molecule has 64 valence electrons. The number of nitrogens with zero attached hydrogens (tertiary/aromatic N) is 4. The van der Waals surface area contributed by atoms with Gasteiger partial charge in [-0.2, -0.15) is 0 Å². The van der Waals surface area contributed by atoms with Crippen LogP contribution in [0, 0.1) is 0 Å². The van der Waals surface area contributed by atoms with Gasteiger partial charge in [0.25, 0.3) is 0 Å². The predicted octanol–water partition coefficient (Wildman–Crippen LogP) is 1.22. The summed E-state index contributed by atoms with van der Waals surface area (Å²) in [6.07, 6.45) is 7.50. The monoisotopic (exact) mass is 172 g/mol. The van der Waals surface area contributed by atoms with E-state index >= 15 is 0 Å². The van der Waals surface area contributed by atoms with Gasteiger partial charge in [-0.1, -0.05) is 0 Å². The Labute approximate surface area is 74.5 Å². The van der Waals surface area contributed by atoms with Crippen molar-refractivity contribution in [3.05, 3.63) is 30.9 Å². The third kappa shape index (κ3) is 0.744. The van der Waals surface area contributed by atoms with Gasteiger partial charge in [0.15, 0.2) is 11.3 Å². The summed E-state index contributed by atoms with van der Waals surface area (Å²) in [6.45, 7) is 0. The highest BCUT2D eigenvalue weighted by atomic mass is 15.1. The number of hydrogen-bond acceptors (Lipinski definition) is 2. The standard InChI is InChI=1S/C9H8N4/c1-12-4-2-7-9(12)11-6-8-10-3-5-13(7)8/h2-6H,1H3. The van der Waals surface area contributed by atoms with Crippen LogP contribution in [0.25, 0.3) is 16.8 Å². The predicted molar refractivity (Wildman–Crippen MR) is 49.5 cm³/mol. The van der Waals surface area contributed by atoms with Crippen molar-refractivity contribution in [3.8, 4) is 0 Å². The smallest absolute Gasteiger partial charge is 0.156 e. The summed E-state index contributed by atoms with van der Waals surface area (Å²) in [5, 5.41) is 0. The lowest BCUT2D eigenvalue weighted by molar-refractivity contribution is 0.945. The fourth-order valence-corrected chi connectivity index (χ4v) is 1.59. The Morgan fingerprint density at radius 2 is 2.15 bits per heavy atom. The summed E-state index contributed by atoms with van der Waals surface area (Å²) in [7, 11) is 1.98. The van der Waals surface area contributed by atoms with Crippen molar-refractivity contribution in [2.24, 2.45) is 7.05 Å². The molecule has 3 aromatic heterocycles. The van der Waals surface area contributed by atoms with Gasteiger partial charge in [-0.15, -0.1) is 0 Å². The Morgan fingerprint density at radius 1 is 1.23 bits per heavy atom. The van der Waals surface area contributed by atoms with Crippen LogP contribution in [-0.4, -0.2) is 18.9 Å². The van der Waals surface area contributed by atoms with Gasteiger partial charge in [0.1, 0.15) is 0 Å². The minimum atomic E-state index is 0.888. The average molecular weight is 172 g/mol. The van der Waals surface area contributed by atoms with E-state index in [0.29, 0.717) is 0 Å². The van der Waals surface area contributed by atoms with Crippen molar-refractivity contribution >= 4 is 16.8 Å². The van der Waals surface area contributed by atoms with Gasteiger partial charge in [-0.3, -0.25) is 4.40 Å². The van der Waals surface area contributed by atoms with Crippen molar-refractivity contribution in [1.82, 2.24) is 18.9 Å². The zero-order chi connectivity index (χ0) is 8.84. The molecule has 0 saturated heterocycles. The zero-order valence-electron chi connectivity index (χ0n) is 7.18. The summed E-state index contributed by atoms with van der Waals surface area (Å²) >= 11 is 0. The van der Waals surface area contributed by atoms with Crippen LogP contribution >= 0.6 is 0 Å². The Balaban J connectivity index is 2.66. The number of aryl methyl sites for hydroxylation is 1. The number of rotatable bonds is 0. The highest BCUT2D eigenvalue weighted by molar-refractivity contribution is 5.74. The number of fused-ring (bicyclic) bond motifs is 3. The van der Waals surface area contributed by atoms with E-state index in [9.17, 15) is 0 Å². The number of aromatic nitrogens is 4. The van der Waals surface area contributed by atoms with Gasteiger partial charge in [0.05, 0.1) is 11.7 Å². The van der Waals surface area contributed by atoms with Crippen LogP contribution in [0.3, 0.4) is 0 Å². The van der Waals surface area contributed by atoms with E-state index in [4.69, 9.17) is 0 Å². The summed E-state index contributed by atoms with van der Waals surface area (Å²) in [5.74, 6) is 0. The molecule has 0 bridgehead atoms. The molecule has 3 heterocycles. The molecule has 0 N–H and O–H groups in total. The molecule has 0 fully saturated rings. The fourth-order valence-electron chi connectivity index (χ4n) is 1.59. The minimum absolute atomic E-state index is 0.888. The number of imidazole rings is 1. The van der Waals surface area contributed by atoms with E-state index in [1.807, 2.05) is 34.5 Å². The van der Waals surface area contributed by atoms with Crippen molar-refractivity contribution in [2.75, 3.05) is 0 Å². The minimum Gasteiger partial charge on any atom is -0.334 e. The Morgan fingerprint density at radius 3 is 3.08 bits per heavy atom. The summed E-state index contributed by atoms with van der Waals surface area (Å²) < 4.78 is 4.02. The topological polar surface area (TPSA) is 35.1 Å². The molecule has 0 radical (unpaired) electrons. The highest BCUT2D eigenvalue weighted by Gasteiger charge is 2.03. The van der Waals surface area contributed by atoms with E-state index in [1.165, 1.54) is 0 Å². The third-order valence-electron chi connectivity index (χ3n) is 2.25. The molecule has 0 aromatic carbocycles. The Hall–Kier alpha value is -1.84. The molecule has 0 amide bonds. The van der Waals surface area contributed by atoms with E-state index in [1.54, 1.807) is 12.4 Å². The van der Waals surface area contributed by atoms with Gasteiger partial charge in [0, 0.05) is 25.6 Å². The summed E-state index contributed by atoms with van der Waals surface area (Å²) in [6, 6.07) is 2.04. The molecule has 3 aromatic rings. The normalized spacial score (nSPS) is 11.5. The SMILES string of the molecule is Cn1ccc2c1ncc1nccn12. The first-order valence-electron chi connectivity index (χ1n) is 4.09. The van der Waals surface area contributed by atoms with Crippen LogP contribution in [0.15, 0.2) is 30.9 Å². The average Bonchev–Trinajstić information content (AvgIpc) is 2.70. The number of hydrogen-bond donors (Lipinski definition) is 0. The van der Waals surface area contributed by atoms with Gasteiger partial charge in [0.2, 0.25) is 0 Å². The maximum atomic E-state index is 4.32. The van der Waals surface area contributed by atoms with Crippen LogP contribution in [0.2, 0.25) is 0 Å². The Bertz CT molecular complexity index is 575. The van der Waals surface area contributed by atoms with E-state index < -0.39 is 0 Å². The molecule has 4 nitrogen and oxygen atoms in total. The maximum absolute atomic E-state index is 4.32. The first-order chi connectivity index (χ1) is 6.36. The van der Waals surface area contributed by atoms with Crippen LogP contribution in [-0.2, 0) is 7.05 Å². The van der Waals surface area contributed by atoms with Crippen LogP contribution < -0.4 is 0 Å². The van der Waals surface area contributed by atoms with Gasteiger partial charge in [-0.05, 0) is 6.07 Å². The van der Waals surface area contributed by atoms with Gasteiger partial charge < -0.3 is 4.57 Å². The van der Waals surface area contributed by atoms with Crippen LogP contribution in [0.1, 0.15) is 0 Å². The quantitative estimate of drug-likeness (QED) is 0.511. The highest BCUT2D eigenvalue weighted by Crippen LogP contribution is 2.13. The van der Waals surface area contributed by atoms with Crippen LogP contribution in [0.4, 0.5) is 0 Å². The lowest BCUT2D eigenvalue weighted by Crippen LogP contribution is -1.91. The van der Waals surface area contributed by atoms with Crippen LogP contribution in [0.5, 0.6) is 0 Å².